The molecule has 0 N–H and O–H groups in total. The highest BCUT2D eigenvalue weighted by Gasteiger charge is 2.22. The number of hydrogen-bond donors (Lipinski definition) is 0. The molecule has 0 amide bonds. The van der Waals surface area contributed by atoms with Crippen LogP contribution in [0.4, 0.5) is 4.39 Å². The van der Waals surface area contributed by atoms with Gasteiger partial charge in [-0.15, -0.1) is 11.3 Å². The number of rotatable bonds is 2. The second-order valence-electron chi connectivity index (χ2n) is 3.51. The van der Waals surface area contributed by atoms with Crippen molar-refractivity contribution in [1.29, 1.82) is 0 Å². The Balaban J connectivity index is 2.19. The number of thiophene rings is 1. The quantitative estimate of drug-likeness (QED) is 0.768. The number of benzene rings is 1. The molecule has 3 rings (SSSR count). The molecule has 1 aliphatic heterocycles. The first-order chi connectivity index (χ1) is 8.29. The van der Waals surface area contributed by atoms with E-state index in [1.807, 2.05) is 0 Å². The van der Waals surface area contributed by atoms with Crippen LogP contribution in [0.5, 0.6) is 11.5 Å². The maximum Gasteiger partial charge on any atom is 0.231 e. The highest BCUT2D eigenvalue weighted by Crippen LogP contribution is 2.43. The lowest BCUT2D eigenvalue weighted by atomic mass is 10.1. The van der Waals surface area contributed by atoms with E-state index in [0.29, 0.717) is 27.5 Å². The van der Waals surface area contributed by atoms with Crippen LogP contribution < -0.4 is 9.47 Å². The van der Waals surface area contributed by atoms with E-state index in [1.165, 1.54) is 23.5 Å². The Morgan fingerprint density at radius 1 is 1.35 bits per heavy atom. The number of carbonyl (C=O) groups is 1. The maximum absolute atomic E-state index is 13.8. The number of aldehydes is 1. The second kappa shape index (κ2) is 3.85. The van der Waals surface area contributed by atoms with Crippen LogP contribution in [0.1, 0.15) is 9.67 Å². The molecule has 2 aromatic rings. The van der Waals surface area contributed by atoms with Gasteiger partial charge in [-0.25, -0.2) is 4.39 Å². The van der Waals surface area contributed by atoms with Gasteiger partial charge >= 0.3 is 0 Å². The minimum absolute atomic E-state index is 0.0937. The first-order valence-corrected chi connectivity index (χ1v) is 5.80. The molecule has 0 fully saturated rings. The smallest absolute Gasteiger partial charge is 0.231 e. The van der Waals surface area contributed by atoms with Crippen LogP contribution in [0.25, 0.3) is 11.1 Å². The lowest BCUT2D eigenvalue weighted by molar-refractivity contribution is 0.112. The Labute approximate surface area is 100 Å². The average Bonchev–Trinajstić information content (AvgIpc) is 2.96. The largest absolute Gasteiger partial charge is 0.454 e. The number of carbonyl (C=O) groups excluding carboxylic acids is 1. The van der Waals surface area contributed by atoms with E-state index in [2.05, 4.69) is 0 Å². The van der Waals surface area contributed by atoms with Crippen molar-refractivity contribution < 1.29 is 18.7 Å². The van der Waals surface area contributed by atoms with Crippen LogP contribution in [0.2, 0.25) is 0 Å². The van der Waals surface area contributed by atoms with Gasteiger partial charge in [0.25, 0.3) is 0 Å². The predicted octanol–water partition coefficient (Wildman–Crippen LogP) is 3.10. The fraction of sp³-hybridized carbons (Fsp3) is 0.0833. The van der Waals surface area contributed by atoms with Crippen LogP contribution >= 0.6 is 11.3 Å². The molecule has 0 saturated heterocycles. The molecule has 0 radical (unpaired) electrons. The summed E-state index contributed by atoms with van der Waals surface area (Å²) >= 11 is 1.27. The maximum atomic E-state index is 13.8. The van der Waals surface area contributed by atoms with E-state index >= 15 is 0 Å². The molecular formula is C12H7FO3S. The van der Waals surface area contributed by atoms with Gasteiger partial charge < -0.3 is 9.47 Å². The molecule has 0 atom stereocenters. The third kappa shape index (κ3) is 1.59. The van der Waals surface area contributed by atoms with Crippen LogP contribution in [0, 0.1) is 5.82 Å². The fourth-order valence-corrected chi connectivity index (χ4v) is 2.46. The molecule has 1 aliphatic rings. The van der Waals surface area contributed by atoms with E-state index in [1.54, 1.807) is 11.4 Å². The first-order valence-electron chi connectivity index (χ1n) is 4.92. The number of fused-ring (bicyclic) bond motifs is 1. The van der Waals surface area contributed by atoms with Crippen molar-refractivity contribution in [2.45, 2.75) is 0 Å². The summed E-state index contributed by atoms with van der Waals surface area (Å²) in [6.07, 6.45) is 0.743. The summed E-state index contributed by atoms with van der Waals surface area (Å²) in [5, 5.41) is 1.73. The normalized spacial score (nSPS) is 12.8. The van der Waals surface area contributed by atoms with Gasteiger partial charge in [0.1, 0.15) is 5.82 Å². The van der Waals surface area contributed by atoms with Crippen molar-refractivity contribution >= 4 is 17.6 Å². The summed E-state index contributed by atoms with van der Waals surface area (Å²) in [6, 6.07) is 4.51. The molecule has 86 valence electrons. The van der Waals surface area contributed by atoms with Crippen LogP contribution in [-0.4, -0.2) is 13.1 Å². The average molecular weight is 250 g/mol. The van der Waals surface area contributed by atoms with Crippen molar-refractivity contribution in [3.8, 4) is 22.6 Å². The lowest BCUT2D eigenvalue weighted by Crippen LogP contribution is -1.93. The summed E-state index contributed by atoms with van der Waals surface area (Å²) in [4.78, 5) is 11.2. The fourth-order valence-electron chi connectivity index (χ4n) is 1.76. The number of ether oxygens (including phenoxy) is 2. The monoisotopic (exact) mass is 250 g/mol. The molecule has 17 heavy (non-hydrogen) atoms. The molecule has 1 aromatic heterocycles. The van der Waals surface area contributed by atoms with Gasteiger partial charge in [-0.1, -0.05) is 0 Å². The van der Waals surface area contributed by atoms with Gasteiger partial charge in [0.2, 0.25) is 6.79 Å². The highest BCUT2D eigenvalue weighted by atomic mass is 32.1. The van der Waals surface area contributed by atoms with Gasteiger partial charge in [0.05, 0.1) is 10.4 Å². The Hall–Kier alpha value is -1.88. The van der Waals surface area contributed by atoms with Crippen molar-refractivity contribution in [3.63, 3.8) is 0 Å². The van der Waals surface area contributed by atoms with E-state index < -0.39 is 0 Å². The molecular weight excluding hydrogens is 243 g/mol. The highest BCUT2D eigenvalue weighted by molar-refractivity contribution is 7.12. The summed E-state index contributed by atoms with van der Waals surface area (Å²) in [5.74, 6) is 0.546. The number of halogens is 1. The van der Waals surface area contributed by atoms with Gasteiger partial charge in [0, 0.05) is 0 Å². The van der Waals surface area contributed by atoms with E-state index in [0.717, 1.165) is 6.29 Å². The SMILES string of the molecule is O=Cc1cc(-c2c(F)ccc3c2OCO3)cs1. The van der Waals surface area contributed by atoms with Crippen molar-refractivity contribution in [1.82, 2.24) is 0 Å². The van der Waals surface area contributed by atoms with Crippen LogP contribution in [-0.2, 0) is 0 Å². The topological polar surface area (TPSA) is 35.5 Å². The zero-order valence-corrected chi connectivity index (χ0v) is 9.42. The molecule has 2 heterocycles. The van der Waals surface area contributed by atoms with Gasteiger partial charge in [-0.05, 0) is 29.1 Å². The van der Waals surface area contributed by atoms with Gasteiger partial charge in [0.15, 0.2) is 17.8 Å². The standard InChI is InChI=1S/C12H7FO3S/c13-9-1-2-10-12(16-6-15-10)11(9)7-3-8(4-14)17-5-7/h1-5H,6H2. The molecule has 0 unspecified atom stereocenters. The van der Waals surface area contributed by atoms with E-state index in [-0.39, 0.29) is 12.6 Å². The van der Waals surface area contributed by atoms with Crippen molar-refractivity contribution in [2.24, 2.45) is 0 Å². The Morgan fingerprint density at radius 3 is 3.00 bits per heavy atom. The van der Waals surface area contributed by atoms with Crippen molar-refractivity contribution in [2.75, 3.05) is 6.79 Å². The zero-order chi connectivity index (χ0) is 11.8. The predicted molar refractivity (Wildman–Crippen MR) is 61.2 cm³/mol. The lowest BCUT2D eigenvalue weighted by Gasteiger charge is -2.04. The van der Waals surface area contributed by atoms with Gasteiger partial charge in [-0.3, -0.25) is 4.79 Å². The molecule has 0 spiro atoms. The summed E-state index contributed by atoms with van der Waals surface area (Å²) < 4.78 is 24.3. The molecule has 0 bridgehead atoms. The second-order valence-corrected chi connectivity index (χ2v) is 4.45. The molecule has 3 nitrogen and oxygen atoms in total. The third-order valence-electron chi connectivity index (χ3n) is 2.51. The molecule has 5 heteroatoms. The summed E-state index contributed by atoms with van der Waals surface area (Å²) in [6.45, 7) is 0.0937. The van der Waals surface area contributed by atoms with E-state index in [9.17, 15) is 9.18 Å². The molecule has 1 aromatic carbocycles. The Kier molecular flexibility index (Phi) is 2.33. The molecule has 0 saturated carbocycles. The minimum Gasteiger partial charge on any atom is -0.454 e. The molecule has 0 aliphatic carbocycles. The third-order valence-corrected chi connectivity index (χ3v) is 3.37. The Bertz CT molecular complexity index is 591. The van der Waals surface area contributed by atoms with Crippen LogP contribution in [0.3, 0.4) is 0 Å². The van der Waals surface area contributed by atoms with Gasteiger partial charge in [-0.2, -0.15) is 0 Å². The minimum atomic E-state index is -0.385. The van der Waals surface area contributed by atoms with E-state index in [4.69, 9.17) is 9.47 Å². The van der Waals surface area contributed by atoms with Crippen molar-refractivity contribution in [3.05, 3.63) is 34.3 Å². The van der Waals surface area contributed by atoms with Crippen LogP contribution in [0.15, 0.2) is 23.6 Å². The zero-order valence-electron chi connectivity index (χ0n) is 8.60. The number of hydrogen-bond acceptors (Lipinski definition) is 4. The summed E-state index contributed by atoms with van der Waals surface area (Å²) in [5.41, 5.74) is 0.987. The summed E-state index contributed by atoms with van der Waals surface area (Å²) in [7, 11) is 0. The first kappa shape index (κ1) is 10.3. The Morgan fingerprint density at radius 2 is 2.24 bits per heavy atom.